The van der Waals surface area contributed by atoms with Gasteiger partial charge in [-0.05, 0) is 39.1 Å². The van der Waals surface area contributed by atoms with E-state index in [1.165, 1.54) is 12.8 Å². The maximum atomic E-state index is 12.6. The second-order valence-corrected chi connectivity index (χ2v) is 5.71. The zero-order chi connectivity index (χ0) is 14.5. The lowest BCUT2D eigenvalue weighted by atomic mass is 10.2. The summed E-state index contributed by atoms with van der Waals surface area (Å²) in [5.41, 5.74) is 5.53. The fraction of sp³-hybridized carbons (Fsp3) is 0.667. The molecule has 1 aromatic rings. The van der Waals surface area contributed by atoms with E-state index in [2.05, 4.69) is 4.90 Å². The predicted octanol–water partition coefficient (Wildman–Crippen LogP) is 1.68. The van der Waals surface area contributed by atoms with Gasteiger partial charge in [-0.2, -0.15) is 0 Å². The highest BCUT2D eigenvalue weighted by Crippen LogP contribution is 2.25. The quantitative estimate of drug-likeness (QED) is 0.860. The second kappa shape index (κ2) is 6.90. The molecule has 2 N–H and O–H groups in total. The van der Waals surface area contributed by atoms with Gasteiger partial charge in [-0.1, -0.05) is 12.8 Å². The van der Waals surface area contributed by atoms with Gasteiger partial charge in [0, 0.05) is 19.1 Å². The van der Waals surface area contributed by atoms with Crippen molar-refractivity contribution in [3.05, 3.63) is 23.7 Å². The van der Waals surface area contributed by atoms with E-state index < -0.39 is 0 Å². The Balaban J connectivity index is 2.09. The molecule has 1 aromatic heterocycles. The number of hydrogen-bond donors (Lipinski definition) is 1. The average Bonchev–Trinajstić information content (AvgIpc) is 3.09. The lowest BCUT2D eigenvalue weighted by molar-refractivity contribution is 0.0633. The number of carbonyl (C=O) groups is 1. The number of nitrogens with two attached hydrogens (primary N) is 1. The molecule has 1 aliphatic rings. The Bertz CT molecular complexity index is 436. The van der Waals surface area contributed by atoms with Crippen LogP contribution < -0.4 is 5.73 Å². The molecule has 0 radical (unpaired) electrons. The van der Waals surface area contributed by atoms with Crippen molar-refractivity contribution in [1.82, 2.24) is 9.80 Å². The minimum Gasteiger partial charge on any atom is -0.455 e. The van der Waals surface area contributed by atoms with Crippen LogP contribution in [-0.4, -0.2) is 48.9 Å². The van der Waals surface area contributed by atoms with E-state index in [9.17, 15) is 4.79 Å². The van der Waals surface area contributed by atoms with Crippen molar-refractivity contribution >= 4 is 5.91 Å². The summed E-state index contributed by atoms with van der Waals surface area (Å²) in [6.07, 6.45) is 4.62. The van der Waals surface area contributed by atoms with Gasteiger partial charge in [-0.15, -0.1) is 0 Å². The number of nitrogens with zero attached hydrogens (tertiary/aromatic N) is 2. The molecule has 1 saturated carbocycles. The molecule has 1 fully saturated rings. The van der Waals surface area contributed by atoms with E-state index in [0.717, 1.165) is 25.9 Å². The van der Waals surface area contributed by atoms with E-state index in [4.69, 9.17) is 10.2 Å². The highest BCUT2D eigenvalue weighted by Gasteiger charge is 2.28. The third-order valence-electron chi connectivity index (χ3n) is 3.89. The third-order valence-corrected chi connectivity index (χ3v) is 3.89. The Morgan fingerprint density at radius 2 is 2.00 bits per heavy atom. The van der Waals surface area contributed by atoms with Gasteiger partial charge in [0.25, 0.3) is 5.91 Å². The summed E-state index contributed by atoms with van der Waals surface area (Å²) in [6, 6.07) is 3.88. The topological polar surface area (TPSA) is 62.7 Å². The summed E-state index contributed by atoms with van der Waals surface area (Å²) in [7, 11) is 4.05. The minimum absolute atomic E-state index is 0.00144. The van der Waals surface area contributed by atoms with Crippen molar-refractivity contribution in [2.75, 3.05) is 27.2 Å². The van der Waals surface area contributed by atoms with E-state index in [-0.39, 0.29) is 5.91 Å². The first-order valence-electron chi connectivity index (χ1n) is 7.36. The van der Waals surface area contributed by atoms with Crippen LogP contribution in [0.3, 0.4) is 0 Å². The number of carbonyl (C=O) groups excluding carboxylic acids is 1. The van der Waals surface area contributed by atoms with Gasteiger partial charge in [-0.25, -0.2) is 0 Å². The van der Waals surface area contributed by atoms with Crippen LogP contribution in [-0.2, 0) is 6.54 Å². The fourth-order valence-electron chi connectivity index (χ4n) is 2.72. The predicted molar refractivity (Wildman–Crippen MR) is 78.4 cm³/mol. The first kappa shape index (κ1) is 15.1. The summed E-state index contributed by atoms with van der Waals surface area (Å²) >= 11 is 0. The molecule has 5 nitrogen and oxygen atoms in total. The number of amides is 1. The molecule has 1 aliphatic carbocycles. The molecule has 0 spiro atoms. The van der Waals surface area contributed by atoms with Crippen molar-refractivity contribution in [3.63, 3.8) is 0 Å². The number of furan rings is 1. The number of rotatable bonds is 6. The highest BCUT2D eigenvalue weighted by atomic mass is 16.4. The summed E-state index contributed by atoms with van der Waals surface area (Å²) in [5, 5.41) is 0. The van der Waals surface area contributed by atoms with Crippen LogP contribution >= 0.6 is 0 Å². The van der Waals surface area contributed by atoms with Gasteiger partial charge < -0.3 is 20.0 Å². The van der Waals surface area contributed by atoms with Crippen LogP contribution in [0.25, 0.3) is 0 Å². The summed E-state index contributed by atoms with van der Waals surface area (Å²) < 4.78 is 5.51. The highest BCUT2D eigenvalue weighted by molar-refractivity contribution is 5.91. The normalized spacial score (nSPS) is 16.0. The lowest BCUT2D eigenvalue weighted by Crippen LogP contribution is -2.42. The van der Waals surface area contributed by atoms with Gasteiger partial charge in [0.1, 0.15) is 5.76 Å². The SMILES string of the molecule is CN(C)CCN(C(=O)c1ccc(CN)o1)C1CCCC1. The van der Waals surface area contributed by atoms with Gasteiger partial charge in [0.2, 0.25) is 0 Å². The molecule has 20 heavy (non-hydrogen) atoms. The van der Waals surface area contributed by atoms with Crippen molar-refractivity contribution in [1.29, 1.82) is 0 Å². The molecule has 0 bridgehead atoms. The van der Waals surface area contributed by atoms with Crippen molar-refractivity contribution < 1.29 is 9.21 Å². The van der Waals surface area contributed by atoms with Crippen LogP contribution in [0.5, 0.6) is 0 Å². The van der Waals surface area contributed by atoms with Gasteiger partial charge in [0.15, 0.2) is 5.76 Å². The molecule has 112 valence electrons. The van der Waals surface area contributed by atoms with Gasteiger partial charge >= 0.3 is 0 Å². The van der Waals surface area contributed by atoms with Crippen LogP contribution in [0.2, 0.25) is 0 Å². The Morgan fingerprint density at radius 3 is 2.55 bits per heavy atom. The molecule has 0 aromatic carbocycles. The fourth-order valence-corrected chi connectivity index (χ4v) is 2.72. The largest absolute Gasteiger partial charge is 0.455 e. The van der Waals surface area contributed by atoms with Crippen LogP contribution in [0.1, 0.15) is 42.0 Å². The molecule has 1 amide bonds. The molecule has 0 unspecified atom stereocenters. The Morgan fingerprint density at radius 1 is 1.30 bits per heavy atom. The van der Waals surface area contributed by atoms with Gasteiger partial charge in [-0.3, -0.25) is 4.79 Å². The zero-order valence-corrected chi connectivity index (χ0v) is 12.5. The minimum atomic E-state index is -0.00144. The van der Waals surface area contributed by atoms with Crippen LogP contribution in [0.4, 0.5) is 0 Å². The van der Waals surface area contributed by atoms with E-state index in [1.54, 1.807) is 12.1 Å². The third kappa shape index (κ3) is 3.61. The lowest BCUT2D eigenvalue weighted by Gasteiger charge is -2.29. The van der Waals surface area contributed by atoms with Crippen molar-refractivity contribution in [2.24, 2.45) is 5.73 Å². The maximum Gasteiger partial charge on any atom is 0.289 e. The Kier molecular flexibility index (Phi) is 5.20. The maximum absolute atomic E-state index is 12.6. The van der Waals surface area contributed by atoms with Crippen LogP contribution in [0, 0.1) is 0 Å². The summed E-state index contributed by atoms with van der Waals surface area (Å²) in [5.74, 6) is 1.07. The van der Waals surface area contributed by atoms with E-state index in [1.807, 2.05) is 19.0 Å². The standard InChI is InChI=1S/C15H25N3O2/c1-17(2)9-10-18(12-5-3-4-6-12)15(19)14-8-7-13(11-16)20-14/h7-8,12H,3-6,9-11,16H2,1-2H3. The zero-order valence-electron chi connectivity index (χ0n) is 12.5. The second-order valence-electron chi connectivity index (χ2n) is 5.71. The first-order valence-corrected chi connectivity index (χ1v) is 7.36. The first-order chi connectivity index (χ1) is 9.61. The van der Waals surface area contributed by atoms with Crippen molar-refractivity contribution in [2.45, 2.75) is 38.3 Å². The van der Waals surface area contributed by atoms with Crippen molar-refractivity contribution in [3.8, 4) is 0 Å². The van der Waals surface area contributed by atoms with Crippen LogP contribution in [0.15, 0.2) is 16.5 Å². The monoisotopic (exact) mass is 279 g/mol. The molecule has 0 saturated heterocycles. The average molecular weight is 279 g/mol. The van der Waals surface area contributed by atoms with E-state index in [0.29, 0.717) is 24.1 Å². The Labute approximate surface area is 120 Å². The molecular formula is C15H25N3O2. The number of likely N-dealkylation sites (N-methyl/N-ethyl adjacent to an activating group) is 1. The molecule has 0 atom stereocenters. The summed E-state index contributed by atoms with van der Waals surface area (Å²) in [4.78, 5) is 16.7. The molecule has 0 aliphatic heterocycles. The number of hydrogen-bond acceptors (Lipinski definition) is 4. The van der Waals surface area contributed by atoms with E-state index >= 15 is 0 Å². The Hall–Kier alpha value is -1.33. The molecule has 5 heteroatoms. The molecule has 1 heterocycles. The molecule has 2 rings (SSSR count). The van der Waals surface area contributed by atoms with Gasteiger partial charge in [0.05, 0.1) is 6.54 Å². The molecular weight excluding hydrogens is 254 g/mol. The smallest absolute Gasteiger partial charge is 0.289 e. The summed E-state index contributed by atoms with van der Waals surface area (Å²) in [6.45, 7) is 1.94.